The number of anilines is 1. The molecule has 1 fully saturated rings. The Balaban J connectivity index is 1.56. The SMILES string of the molecule is CCn1c(N2CCN(Cc3ccc(Cl)cc3)CC2)nc2c1c(=O)[nH]c(=O)n2C. The molecule has 1 aliphatic rings. The highest BCUT2D eigenvalue weighted by Crippen LogP contribution is 2.21. The Labute approximate surface area is 167 Å². The number of nitrogens with one attached hydrogen (secondary N) is 1. The molecule has 3 heterocycles. The van der Waals surface area contributed by atoms with E-state index in [4.69, 9.17) is 11.6 Å². The first-order valence-electron chi connectivity index (χ1n) is 9.39. The lowest BCUT2D eigenvalue weighted by Gasteiger charge is -2.35. The molecule has 0 saturated carbocycles. The van der Waals surface area contributed by atoms with Gasteiger partial charge in [-0.25, -0.2) is 4.79 Å². The van der Waals surface area contributed by atoms with Crippen LogP contribution in [0.3, 0.4) is 0 Å². The first-order chi connectivity index (χ1) is 13.5. The molecule has 3 aromatic rings. The molecule has 4 rings (SSSR count). The van der Waals surface area contributed by atoms with Crippen LogP contribution in [0, 0.1) is 0 Å². The first-order valence-corrected chi connectivity index (χ1v) is 9.77. The number of piperazine rings is 1. The maximum absolute atomic E-state index is 12.3. The summed E-state index contributed by atoms with van der Waals surface area (Å²) >= 11 is 5.96. The number of fused-ring (bicyclic) bond motifs is 1. The van der Waals surface area contributed by atoms with Gasteiger partial charge in [0.1, 0.15) is 0 Å². The smallest absolute Gasteiger partial charge is 0.329 e. The zero-order valence-corrected chi connectivity index (χ0v) is 16.7. The zero-order chi connectivity index (χ0) is 19.8. The molecule has 0 amide bonds. The molecule has 8 nitrogen and oxygen atoms in total. The molecular formula is C19H23ClN6O2. The zero-order valence-electron chi connectivity index (χ0n) is 16.0. The highest BCUT2D eigenvalue weighted by molar-refractivity contribution is 6.30. The second-order valence-electron chi connectivity index (χ2n) is 7.04. The molecule has 0 bridgehead atoms. The highest BCUT2D eigenvalue weighted by atomic mass is 35.5. The Hall–Kier alpha value is -2.58. The number of rotatable bonds is 4. The Morgan fingerprint density at radius 2 is 1.79 bits per heavy atom. The number of nitrogens with zero attached hydrogens (tertiary/aromatic N) is 5. The second kappa shape index (κ2) is 7.44. The van der Waals surface area contributed by atoms with E-state index in [1.165, 1.54) is 10.1 Å². The van der Waals surface area contributed by atoms with Crippen LogP contribution in [-0.2, 0) is 20.1 Å². The van der Waals surface area contributed by atoms with E-state index in [9.17, 15) is 9.59 Å². The summed E-state index contributed by atoms with van der Waals surface area (Å²) < 4.78 is 3.28. The Kier molecular flexibility index (Phi) is 4.99. The first kappa shape index (κ1) is 18.8. The van der Waals surface area contributed by atoms with Gasteiger partial charge in [-0.1, -0.05) is 23.7 Å². The minimum absolute atomic E-state index is 0.389. The summed E-state index contributed by atoms with van der Waals surface area (Å²) in [6, 6.07) is 7.94. The van der Waals surface area contributed by atoms with Crippen molar-refractivity contribution in [3.63, 3.8) is 0 Å². The van der Waals surface area contributed by atoms with Crippen molar-refractivity contribution >= 4 is 28.7 Å². The molecule has 148 valence electrons. The standard InChI is InChI=1S/C19H23ClN6O2/c1-3-26-15-16(23(2)19(28)22-17(15)27)21-18(26)25-10-8-24(9-11-25)12-13-4-6-14(20)7-5-13/h4-7H,3,8-12H2,1-2H3,(H,22,27,28). The number of aryl methyl sites for hydroxylation is 2. The molecule has 1 aromatic carbocycles. The van der Waals surface area contributed by atoms with Crippen LogP contribution in [0.25, 0.3) is 11.2 Å². The van der Waals surface area contributed by atoms with Crippen molar-refractivity contribution in [1.82, 2.24) is 24.0 Å². The fraction of sp³-hybridized carbons (Fsp3) is 0.421. The van der Waals surface area contributed by atoms with Gasteiger partial charge in [-0.2, -0.15) is 4.98 Å². The van der Waals surface area contributed by atoms with Gasteiger partial charge < -0.3 is 9.47 Å². The fourth-order valence-corrected chi connectivity index (χ4v) is 3.84. The number of aromatic nitrogens is 4. The highest BCUT2D eigenvalue weighted by Gasteiger charge is 2.24. The van der Waals surface area contributed by atoms with Crippen molar-refractivity contribution < 1.29 is 0 Å². The molecular weight excluding hydrogens is 380 g/mol. The number of imidazole rings is 1. The minimum Gasteiger partial charge on any atom is -0.340 e. The van der Waals surface area contributed by atoms with E-state index in [0.29, 0.717) is 17.7 Å². The largest absolute Gasteiger partial charge is 0.340 e. The number of benzene rings is 1. The van der Waals surface area contributed by atoms with Crippen molar-refractivity contribution in [2.75, 3.05) is 31.1 Å². The molecule has 1 aliphatic heterocycles. The van der Waals surface area contributed by atoms with Crippen molar-refractivity contribution in [2.24, 2.45) is 7.05 Å². The summed E-state index contributed by atoms with van der Waals surface area (Å²) in [7, 11) is 1.63. The second-order valence-corrected chi connectivity index (χ2v) is 7.47. The summed E-state index contributed by atoms with van der Waals surface area (Å²) in [5.74, 6) is 0.746. The molecule has 0 unspecified atom stereocenters. The summed E-state index contributed by atoms with van der Waals surface area (Å²) in [4.78, 5) is 35.8. The van der Waals surface area contributed by atoms with Gasteiger partial charge in [-0.3, -0.25) is 19.2 Å². The number of hydrogen-bond donors (Lipinski definition) is 1. The fourth-order valence-electron chi connectivity index (χ4n) is 3.72. The van der Waals surface area contributed by atoms with Crippen molar-refractivity contribution in [3.8, 4) is 0 Å². The maximum atomic E-state index is 12.3. The van der Waals surface area contributed by atoms with Crippen LogP contribution in [0.1, 0.15) is 12.5 Å². The van der Waals surface area contributed by atoms with Crippen LogP contribution in [0.2, 0.25) is 5.02 Å². The van der Waals surface area contributed by atoms with Gasteiger partial charge in [0.25, 0.3) is 5.56 Å². The van der Waals surface area contributed by atoms with Gasteiger partial charge in [0.15, 0.2) is 11.2 Å². The molecule has 0 radical (unpaired) electrons. The third-order valence-corrected chi connectivity index (χ3v) is 5.53. The minimum atomic E-state index is -0.447. The summed E-state index contributed by atoms with van der Waals surface area (Å²) in [6.45, 7) is 6.87. The van der Waals surface area contributed by atoms with Gasteiger partial charge in [-0.15, -0.1) is 0 Å². The third kappa shape index (κ3) is 3.33. The monoisotopic (exact) mass is 402 g/mol. The lowest BCUT2D eigenvalue weighted by Crippen LogP contribution is -2.46. The number of aromatic amines is 1. The van der Waals surface area contributed by atoms with Gasteiger partial charge in [0, 0.05) is 51.3 Å². The lowest BCUT2D eigenvalue weighted by atomic mass is 10.2. The van der Waals surface area contributed by atoms with E-state index in [1.807, 2.05) is 23.6 Å². The molecule has 0 atom stereocenters. The molecule has 28 heavy (non-hydrogen) atoms. The van der Waals surface area contributed by atoms with Crippen LogP contribution in [0.4, 0.5) is 5.95 Å². The van der Waals surface area contributed by atoms with Crippen LogP contribution >= 0.6 is 11.6 Å². The molecule has 0 aliphatic carbocycles. The Bertz CT molecular complexity index is 1110. The summed E-state index contributed by atoms with van der Waals surface area (Å²) in [6.07, 6.45) is 0. The van der Waals surface area contributed by atoms with E-state index < -0.39 is 5.69 Å². The molecule has 2 aromatic heterocycles. The van der Waals surface area contributed by atoms with Crippen LogP contribution in [-0.4, -0.2) is 50.2 Å². The van der Waals surface area contributed by atoms with E-state index in [2.05, 4.69) is 31.9 Å². The summed E-state index contributed by atoms with van der Waals surface area (Å²) in [5.41, 5.74) is 1.27. The average molecular weight is 403 g/mol. The van der Waals surface area contributed by atoms with Crippen LogP contribution in [0.15, 0.2) is 33.9 Å². The molecule has 1 N–H and O–H groups in total. The summed E-state index contributed by atoms with van der Waals surface area (Å²) in [5, 5.41) is 0.747. The van der Waals surface area contributed by atoms with Crippen molar-refractivity contribution in [3.05, 3.63) is 55.7 Å². The predicted molar refractivity (Wildman–Crippen MR) is 110 cm³/mol. The Morgan fingerprint density at radius 3 is 2.43 bits per heavy atom. The van der Waals surface area contributed by atoms with Crippen LogP contribution < -0.4 is 16.1 Å². The van der Waals surface area contributed by atoms with Crippen molar-refractivity contribution in [2.45, 2.75) is 20.0 Å². The number of hydrogen-bond acceptors (Lipinski definition) is 5. The van der Waals surface area contributed by atoms with Gasteiger partial charge in [0.05, 0.1) is 0 Å². The predicted octanol–water partition coefficient (Wildman–Crippen LogP) is 1.42. The Morgan fingerprint density at radius 1 is 1.11 bits per heavy atom. The molecule has 1 saturated heterocycles. The molecule has 9 heteroatoms. The van der Waals surface area contributed by atoms with Gasteiger partial charge in [0.2, 0.25) is 5.95 Å². The average Bonchev–Trinajstić information content (AvgIpc) is 3.09. The molecule has 0 spiro atoms. The van der Waals surface area contributed by atoms with Gasteiger partial charge >= 0.3 is 5.69 Å². The van der Waals surface area contributed by atoms with Crippen molar-refractivity contribution in [1.29, 1.82) is 0 Å². The lowest BCUT2D eigenvalue weighted by molar-refractivity contribution is 0.248. The normalized spacial score (nSPS) is 15.5. The number of halogens is 1. The number of H-pyrrole nitrogens is 1. The van der Waals surface area contributed by atoms with E-state index in [-0.39, 0.29) is 5.56 Å². The van der Waals surface area contributed by atoms with E-state index >= 15 is 0 Å². The topological polar surface area (TPSA) is 79.2 Å². The van der Waals surface area contributed by atoms with E-state index in [1.54, 1.807) is 7.05 Å². The quantitative estimate of drug-likeness (QED) is 0.714. The van der Waals surface area contributed by atoms with Crippen LogP contribution in [0.5, 0.6) is 0 Å². The van der Waals surface area contributed by atoms with Gasteiger partial charge in [-0.05, 0) is 24.6 Å². The van der Waals surface area contributed by atoms with E-state index in [0.717, 1.165) is 43.7 Å². The third-order valence-electron chi connectivity index (χ3n) is 5.28. The maximum Gasteiger partial charge on any atom is 0.329 e.